The van der Waals surface area contributed by atoms with Crippen molar-refractivity contribution < 1.29 is 14.3 Å². The summed E-state index contributed by atoms with van der Waals surface area (Å²) in [4.78, 5) is 16.0. The predicted molar refractivity (Wildman–Crippen MR) is 116 cm³/mol. The number of hydrogen-bond donors (Lipinski definition) is 3. The molecule has 0 saturated heterocycles. The second-order valence-corrected chi connectivity index (χ2v) is 6.37. The molecule has 0 atom stereocenters. The molecule has 2 aromatic carbocycles. The first-order valence-electron chi connectivity index (χ1n) is 9.62. The average molecular weight is 399 g/mol. The van der Waals surface area contributed by atoms with Crippen LogP contribution in [-0.2, 0) is 17.7 Å². The second-order valence-electron chi connectivity index (χ2n) is 6.37. The van der Waals surface area contributed by atoms with Crippen LogP contribution in [0.5, 0.6) is 5.75 Å². The van der Waals surface area contributed by atoms with Gasteiger partial charge in [-0.1, -0.05) is 24.3 Å². The van der Waals surface area contributed by atoms with Crippen LogP contribution in [0, 0.1) is 0 Å². The van der Waals surface area contributed by atoms with E-state index in [-0.39, 0.29) is 5.91 Å². The molecule has 156 valence electrons. The summed E-state index contributed by atoms with van der Waals surface area (Å²) in [7, 11) is 5.03. The molecule has 0 heterocycles. The van der Waals surface area contributed by atoms with E-state index in [1.54, 1.807) is 21.2 Å². The van der Waals surface area contributed by atoms with E-state index in [0.29, 0.717) is 31.9 Å². The van der Waals surface area contributed by atoms with Crippen molar-refractivity contribution in [3.8, 4) is 5.75 Å². The number of carbonyl (C=O) groups excluding carboxylic acids is 1. The molecule has 7 nitrogen and oxygen atoms in total. The molecule has 0 spiro atoms. The van der Waals surface area contributed by atoms with Crippen molar-refractivity contribution in [1.29, 1.82) is 0 Å². The van der Waals surface area contributed by atoms with E-state index < -0.39 is 0 Å². The zero-order valence-corrected chi connectivity index (χ0v) is 17.3. The average Bonchev–Trinajstić information content (AvgIpc) is 2.76. The molecule has 1 amide bonds. The number of carbonyl (C=O) groups is 1. The molecule has 2 rings (SSSR count). The Morgan fingerprint density at radius 3 is 2.52 bits per heavy atom. The zero-order valence-electron chi connectivity index (χ0n) is 17.3. The Morgan fingerprint density at radius 2 is 1.83 bits per heavy atom. The molecule has 29 heavy (non-hydrogen) atoms. The lowest BCUT2D eigenvalue weighted by Gasteiger charge is -2.13. The van der Waals surface area contributed by atoms with Crippen molar-refractivity contribution in [2.75, 3.05) is 41.0 Å². The highest BCUT2D eigenvalue weighted by Crippen LogP contribution is 2.12. The molecule has 0 aliphatic carbocycles. The van der Waals surface area contributed by atoms with Crippen LogP contribution in [0.15, 0.2) is 53.5 Å². The SMILES string of the molecule is CN=C(NCCc1cccc(C(=O)NC)c1)NCc1ccc(OCCOC)cc1. The van der Waals surface area contributed by atoms with Crippen LogP contribution in [-0.4, -0.2) is 52.8 Å². The van der Waals surface area contributed by atoms with E-state index in [2.05, 4.69) is 20.9 Å². The molecule has 3 N–H and O–H groups in total. The number of benzene rings is 2. The smallest absolute Gasteiger partial charge is 0.251 e. The van der Waals surface area contributed by atoms with Gasteiger partial charge < -0.3 is 25.4 Å². The normalized spacial score (nSPS) is 11.1. The van der Waals surface area contributed by atoms with E-state index >= 15 is 0 Å². The molecule has 7 heteroatoms. The highest BCUT2D eigenvalue weighted by Gasteiger charge is 2.04. The summed E-state index contributed by atoms with van der Waals surface area (Å²) in [6.45, 7) is 2.48. The minimum Gasteiger partial charge on any atom is -0.491 e. The monoisotopic (exact) mass is 398 g/mol. The van der Waals surface area contributed by atoms with Crippen LogP contribution in [0.25, 0.3) is 0 Å². The van der Waals surface area contributed by atoms with Gasteiger partial charge in [0.05, 0.1) is 6.61 Å². The number of hydrogen-bond acceptors (Lipinski definition) is 4. The van der Waals surface area contributed by atoms with Gasteiger partial charge in [-0.25, -0.2) is 0 Å². The lowest BCUT2D eigenvalue weighted by Crippen LogP contribution is -2.37. The van der Waals surface area contributed by atoms with E-state index in [4.69, 9.17) is 9.47 Å². The summed E-state index contributed by atoms with van der Waals surface area (Å²) in [5.41, 5.74) is 2.89. The first kappa shape index (κ1) is 22.2. The zero-order chi connectivity index (χ0) is 20.9. The molecular formula is C22H30N4O3. The van der Waals surface area contributed by atoms with Crippen molar-refractivity contribution >= 4 is 11.9 Å². The lowest BCUT2D eigenvalue weighted by atomic mass is 10.1. The molecule has 0 aromatic heterocycles. The standard InChI is InChI=1S/C22H30N4O3/c1-23-21(27)19-6-4-5-17(15-19)11-12-25-22(24-2)26-16-18-7-9-20(10-8-18)29-14-13-28-3/h4-10,15H,11-14,16H2,1-3H3,(H,23,27)(H2,24,25,26). The third kappa shape index (κ3) is 7.83. The molecule has 2 aromatic rings. The first-order valence-corrected chi connectivity index (χ1v) is 9.62. The number of amides is 1. The van der Waals surface area contributed by atoms with Gasteiger partial charge in [0.1, 0.15) is 12.4 Å². The van der Waals surface area contributed by atoms with Crippen molar-refractivity contribution in [3.63, 3.8) is 0 Å². The maximum Gasteiger partial charge on any atom is 0.251 e. The van der Waals surface area contributed by atoms with Crippen molar-refractivity contribution in [2.45, 2.75) is 13.0 Å². The van der Waals surface area contributed by atoms with Gasteiger partial charge in [0.15, 0.2) is 5.96 Å². The number of ether oxygens (including phenoxy) is 2. The van der Waals surface area contributed by atoms with Crippen LogP contribution in [0.3, 0.4) is 0 Å². The van der Waals surface area contributed by atoms with E-state index in [1.807, 2.05) is 48.5 Å². The number of rotatable bonds is 10. The molecule has 0 aliphatic rings. The van der Waals surface area contributed by atoms with Crippen LogP contribution < -0.4 is 20.7 Å². The molecule has 0 saturated carbocycles. The summed E-state index contributed by atoms with van der Waals surface area (Å²) >= 11 is 0. The highest BCUT2D eigenvalue weighted by atomic mass is 16.5. The van der Waals surface area contributed by atoms with Gasteiger partial charge in [-0.05, 0) is 41.8 Å². The Kier molecular flexibility index (Phi) is 9.51. The quantitative estimate of drug-likeness (QED) is 0.324. The van der Waals surface area contributed by atoms with Crippen molar-refractivity contribution in [3.05, 3.63) is 65.2 Å². The fraction of sp³-hybridized carbons (Fsp3) is 0.364. The maximum absolute atomic E-state index is 11.7. The Balaban J connectivity index is 1.76. The summed E-state index contributed by atoms with van der Waals surface area (Å²) in [6, 6.07) is 15.6. The Labute approximate surface area is 172 Å². The van der Waals surface area contributed by atoms with Gasteiger partial charge in [-0.2, -0.15) is 0 Å². The minimum atomic E-state index is -0.0765. The first-order chi connectivity index (χ1) is 14.2. The molecule has 0 bridgehead atoms. The molecule has 0 aliphatic heterocycles. The molecule has 0 fully saturated rings. The summed E-state index contributed by atoms with van der Waals surface area (Å²) in [6.07, 6.45) is 0.791. The molecule has 0 radical (unpaired) electrons. The maximum atomic E-state index is 11.7. The van der Waals surface area contributed by atoms with Crippen LogP contribution in [0.4, 0.5) is 0 Å². The van der Waals surface area contributed by atoms with Crippen LogP contribution in [0.1, 0.15) is 21.5 Å². The number of nitrogens with one attached hydrogen (secondary N) is 3. The predicted octanol–water partition coefficient (Wildman–Crippen LogP) is 1.98. The van der Waals surface area contributed by atoms with Gasteiger partial charge in [-0.15, -0.1) is 0 Å². The third-order valence-electron chi connectivity index (χ3n) is 4.29. The van der Waals surface area contributed by atoms with Gasteiger partial charge in [0.2, 0.25) is 0 Å². The van der Waals surface area contributed by atoms with Gasteiger partial charge in [0.25, 0.3) is 5.91 Å². The van der Waals surface area contributed by atoms with E-state index in [1.165, 1.54) is 0 Å². The Bertz CT molecular complexity index is 791. The van der Waals surface area contributed by atoms with Crippen molar-refractivity contribution in [1.82, 2.24) is 16.0 Å². The summed E-state index contributed by atoms with van der Waals surface area (Å²) in [5.74, 6) is 1.48. The fourth-order valence-corrected chi connectivity index (χ4v) is 2.69. The topological polar surface area (TPSA) is 84.0 Å². The highest BCUT2D eigenvalue weighted by molar-refractivity contribution is 5.94. The number of nitrogens with zero attached hydrogens (tertiary/aromatic N) is 1. The minimum absolute atomic E-state index is 0.0765. The van der Waals surface area contributed by atoms with Crippen molar-refractivity contribution in [2.24, 2.45) is 4.99 Å². The molecule has 0 unspecified atom stereocenters. The second kappa shape index (κ2) is 12.4. The number of guanidine groups is 1. The van der Waals surface area contributed by atoms with E-state index in [0.717, 1.165) is 29.3 Å². The number of aliphatic imine (C=N–C) groups is 1. The summed E-state index contributed by atoms with van der Waals surface area (Å²) < 4.78 is 10.5. The lowest BCUT2D eigenvalue weighted by molar-refractivity contribution is 0.0963. The Morgan fingerprint density at radius 1 is 1.03 bits per heavy atom. The largest absolute Gasteiger partial charge is 0.491 e. The van der Waals surface area contributed by atoms with E-state index in [9.17, 15) is 4.79 Å². The van der Waals surface area contributed by atoms with Crippen LogP contribution in [0.2, 0.25) is 0 Å². The summed E-state index contributed by atoms with van der Waals surface area (Å²) in [5, 5.41) is 9.24. The van der Waals surface area contributed by atoms with Gasteiger partial charge >= 0.3 is 0 Å². The fourth-order valence-electron chi connectivity index (χ4n) is 2.69. The third-order valence-corrected chi connectivity index (χ3v) is 4.29. The number of methoxy groups -OCH3 is 1. The Hall–Kier alpha value is -3.06. The van der Waals surface area contributed by atoms with Crippen LogP contribution >= 0.6 is 0 Å². The molecular weight excluding hydrogens is 368 g/mol. The van der Waals surface area contributed by atoms with Gasteiger partial charge in [-0.3, -0.25) is 9.79 Å². The van der Waals surface area contributed by atoms with Gasteiger partial charge in [0, 0.05) is 39.9 Å².